The van der Waals surface area contributed by atoms with E-state index < -0.39 is 0 Å². The van der Waals surface area contributed by atoms with E-state index in [1.54, 1.807) is 0 Å². The number of hydrogen-bond donors (Lipinski definition) is 2. The van der Waals surface area contributed by atoms with Crippen molar-refractivity contribution in [2.75, 3.05) is 6.54 Å². The zero-order valence-electron chi connectivity index (χ0n) is 14.8. The van der Waals surface area contributed by atoms with Crippen molar-refractivity contribution in [2.24, 2.45) is 5.92 Å². The summed E-state index contributed by atoms with van der Waals surface area (Å²) in [5, 5.41) is 8.02. The third-order valence-electron chi connectivity index (χ3n) is 5.13. The lowest BCUT2D eigenvalue weighted by Gasteiger charge is -2.29. The molecule has 1 fully saturated rings. The molecule has 0 spiro atoms. The van der Waals surface area contributed by atoms with Crippen LogP contribution in [0.25, 0.3) is 10.8 Å². The first-order chi connectivity index (χ1) is 12.1. The number of fused-ring (bicyclic) bond motifs is 1. The molecule has 25 heavy (non-hydrogen) atoms. The molecule has 2 aromatic rings. The smallest absolute Gasteiger partial charge is 0.239 e. The number of carbonyl (C=O) groups is 2. The predicted octanol–water partition coefficient (Wildman–Crippen LogP) is 3.19. The standard InChI is InChI=1S/C21H26N2O2/c1-15-7-2-5-12-19(15)23-21(25)14-22-20(24)13-17-10-6-9-16-8-3-4-11-18(16)17/h3-4,6,8-11,15,19H,2,5,7,12-14H2,1H3,(H,22,24)(H,23,25)/t15-,19+/m0/s1. The SMILES string of the molecule is C[C@H]1CCCC[C@H]1NC(=O)CNC(=O)Cc1cccc2ccccc12. The second-order valence-electron chi connectivity index (χ2n) is 7.03. The van der Waals surface area contributed by atoms with Crippen LogP contribution in [0.2, 0.25) is 0 Å². The molecule has 0 aromatic heterocycles. The molecular weight excluding hydrogens is 312 g/mol. The molecule has 1 aliphatic carbocycles. The summed E-state index contributed by atoms with van der Waals surface area (Å²) in [7, 11) is 0. The van der Waals surface area contributed by atoms with Crippen LogP contribution in [0.15, 0.2) is 42.5 Å². The second-order valence-corrected chi connectivity index (χ2v) is 7.03. The first kappa shape index (κ1) is 17.5. The predicted molar refractivity (Wildman–Crippen MR) is 100 cm³/mol. The molecule has 2 aromatic carbocycles. The third kappa shape index (κ3) is 4.59. The molecule has 1 saturated carbocycles. The van der Waals surface area contributed by atoms with Crippen LogP contribution < -0.4 is 10.6 Å². The van der Waals surface area contributed by atoms with Gasteiger partial charge in [0.15, 0.2) is 0 Å². The van der Waals surface area contributed by atoms with Gasteiger partial charge in [0.05, 0.1) is 13.0 Å². The van der Waals surface area contributed by atoms with Crippen molar-refractivity contribution >= 4 is 22.6 Å². The van der Waals surface area contributed by atoms with E-state index in [1.807, 2.05) is 42.5 Å². The van der Waals surface area contributed by atoms with Crippen molar-refractivity contribution in [2.45, 2.75) is 45.1 Å². The molecule has 2 amide bonds. The van der Waals surface area contributed by atoms with Crippen LogP contribution in [0.1, 0.15) is 38.2 Å². The molecule has 1 aliphatic rings. The summed E-state index contributed by atoms with van der Waals surface area (Å²) in [6, 6.07) is 14.2. The Balaban J connectivity index is 1.51. The van der Waals surface area contributed by atoms with Crippen LogP contribution in [-0.2, 0) is 16.0 Å². The fourth-order valence-corrected chi connectivity index (χ4v) is 3.65. The summed E-state index contributed by atoms with van der Waals surface area (Å²) in [5.74, 6) is 0.303. The van der Waals surface area contributed by atoms with Gasteiger partial charge in [0.2, 0.25) is 11.8 Å². The van der Waals surface area contributed by atoms with Gasteiger partial charge in [-0.3, -0.25) is 9.59 Å². The van der Waals surface area contributed by atoms with Gasteiger partial charge >= 0.3 is 0 Å². The molecule has 0 unspecified atom stereocenters. The Bertz CT molecular complexity index is 751. The van der Waals surface area contributed by atoms with Gasteiger partial charge in [-0.2, -0.15) is 0 Å². The fraction of sp³-hybridized carbons (Fsp3) is 0.429. The summed E-state index contributed by atoms with van der Waals surface area (Å²) >= 11 is 0. The number of benzene rings is 2. The largest absolute Gasteiger partial charge is 0.352 e. The lowest BCUT2D eigenvalue weighted by atomic mass is 9.86. The van der Waals surface area contributed by atoms with E-state index in [1.165, 1.54) is 19.3 Å². The van der Waals surface area contributed by atoms with E-state index in [9.17, 15) is 9.59 Å². The first-order valence-corrected chi connectivity index (χ1v) is 9.16. The molecule has 2 N–H and O–H groups in total. The van der Waals surface area contributed by atoms with Crippen LogP contribution in [0.4, 0.5) is 0 Å². The minimum atomic E-state index is -0.122. The average Bonchev–Trinajstić information content (AvgIpc) is 2.62. The number of hydrogen-bond acceptors (Lipinski definition) is 2. The van der Waals surface area contributed by atoms with Gasteiger partial charge in [-0.1, -0.05) is 62.2 Å². The van der Waals surface area contributed by atoms with Crippen molar-refractivity contribution < 1.29 is 9.59 Å². The Kier molecular flexibility index (Phi) is 5.69. The van der Waals surface area contributed by atoms with Crippen LogP contribution >= 0.6 is 0 Å². The molecular formula is C21H26N2O2. The first-order valence-electron chi connectivity index (χ1n) is 9.16. The topological polar surface area (TPSA) is 58.2 Å². The summed E-state index contributed by atoms with van der Waals surface area (Å²) in [6.07, 6.45) is 4.90. The maximum Gasteiger partial charge on any atom is 0.239 e. The van der Waals surface area contributed by atoms with Gasteiger partial charge in [0, 0.05) is 6.04 Å². The summed E-state index contributed by atoms with van der Waals surface area (Å²) < 4.78 is 0. The Morgan fingerprint density at radius 2 is 1.76 bits per heavy atom. The number of rotatable bonds is 5. The van der Waals surface area contributed by atoms with Crippen LogP contribution in [0, 0.1) is 5.92 Å². The molecule has 4 heteroatoms. The normalized spacial score (nSPS) is 20.2. The minimum absolute atomic E-state index is 0.0484. The van der Waals surface area contributed by atoms with E-state index in [0.29, 0.717) is 5.92 Å². The van der Waals surface area contributed by atoms with Gasteiger partial charge in [-0.25, -0.2) is 0 Å². The van der Waals surface area contributed by atoms with E-state index >= 15 is 0 Å². The molecule has 3 rings (SSSR count). The van der Waals surface area contributed by atoms with E-state index in [-0.39, 0.29) is 30.8 Å². The molecule has 0 radical (unpaired) electrons. The lowest BCUT2D eigenvalue weighted by molar-refractivity contribution is -0.126. The molecule has 0 aliphatic heterocycles. The molecule has 132 valence electrons. The van der Waals surface area contributed by atoms with Crippen molar-refractivity contribution in [1.82, 2.24) is 10.6 Å². The number of amides is 2. The van der Waals surface area contributed by atoms with Gasteiger partial charge in [-0.05, 0) is 35.1 Å². The second kappa shape index (κ2) is 8.15. The van der Waals surface area contributed by atoms with Crippen molar-refractivity contribution in [3.63, 3.8) is 0 Å². The van der Waals surface area contributed by atoms with Crippen LogP contribution in [-0.4, -0.2) is 24.4 Å². The molecule has 0 saturated heterocycles. The highest BCUT2D eigenvalue weighted by Gasteiger charge is 2.22. The number of nitrogens with one attached hydrogen (secondary N) is 2. The lowest BCUT2D eigenvalue weighted by Crippen LogP contribution is -2.45. The van der Waals surface area contributed by atoms with Crippen LogP contribution in [0.3, 0.4) is 0 Å². The monoisotopic (exact) mass is 338 g/mol. The Hall–Kier alpha value is -2.36. The molecule has 4 nitrogen and oxygen atoms in total. The minimum Gasteiger partial charge on any atom is -0.352 e. The van der Waals surface area contributed by atoms with E-state index in [4.69, 9.17) is 0 Å². The Morgan fingerprint density at radius 1 is 1.00 bits per heavy atom. The highest BCUT2D eigenvalue weighted by atomic mass is 16.2. The van der Waals surface area contributed by atoms with E-state index in [2.05, 4.69) is 17.6 Å². The van der Waals surface area contributed by atoms with E-state index in [0.717, 1.165) is 22.8 Å². The zero-order chi connectivity index (χ0) is 17.6. The number of carbonyl (C=O) groups excluding carboxylic acids is 2. The molecule has 0 heterocycles. The van der Waals surface area contributed by atoms with Crippen LogP contribution in [0.5, 0.6) is 0 Å². The Morgan fingerprint density at radius 3 is 2.60 bits per heavy atom. The summed E-state index contributed by atoms with van der Waals surface area (Å²) in [5.41, 5.74) is 0.983. The van der Waals surface area contributed by atoms with Gasteiger partial charge in [0.25, 0.3) is 0 Å². The van der Waals surface area contributed by atoms with Crippen molar-refractivity contribution in [3.05, 3.63) is 48.0 Å². The average molecular weight is 338 g/mol. The zero-order valence-corrected chi connectivity index (χ0v) is 14.8. The van der Waals surface area contributed by atoms with Crippen molar-refractivity contribution in [1.29, 1.82) is 0 Å². The van der Waals surface area contributed by atoms with Gasteiger partial charge < -0.3 is 10.6 Å². The summed E-state index contributed by atoms with van der Waals surface area (Å²) in [6.45, 7) is 2.23. The summed E-state index contributed by atoms with van der Waals surface area (Å²) in [4.78, 5) is 24.3. The molecule has 2 atom stereocenters. The maximum atomic E-state index is 12.2. The third-order valence-corrected chi connectivity index (χ3v) is 5.13. The quantitative estimate of drug-likeness (QED) is 0.879. The highest BCUT2D eigenvalue weighted by Crippen LogP contribution is 2.23. The molecule has 0 bridgehead atoms. The van der Waals surface area contributed by atoms with Crippen molar-refractivity contribution in [3.8, 4) is 0 Å². The van der Waals surface area contributed by atoms with Gasteiger partial charge in [-0.15, -0.1) is 0 Å². The Labute approximate surface area is 149 Å². The highest BCUT2D eigenvalue weighted by molar-refractivity contribution is 5.91. The van der Waals surface area contributed by atoms with Gasteiger partial charge in [0.1, 0.15) is 0 Å². The fourth-order valence-electron chi connectivity index (χ4n) is 3.65. The maximum absolute atomic E-state index is 12.2.